The van der Waals surface area contributed by atoms with E-state index in [1.54, 1.807) is 7.11 Å². The summed E-state index contributed by atoms with van der Waals surface area (Å²) < 4.78 is 5.30. The fourth-order valence-corrected chi connectivity index (χ4v) is 3.23. The van der Waals surface area contributed by atoms with Gasteiger partial charge in [0.05, 0.1) is 11.2 Å². The number of fused-ring (bicyclic) bond motifs is 2. The maximum absolute atomic E-state index is 12.5. The van der Waals surface area contributed by atoms with Crippen molar-refractivity contribution in [2.45, 2.75) is 18.9 Å². The molecule has 4 rings (SSSR count). The Labute approximate surface area is 134 Å². The van der Waals surface area contributed by atoms with Gasteiger partial charge < -0.3 is 4.74 Å². The van der Waals surface area contributed by atoms with Crippen molar-refractivity contribution < 1.29 is 9.53 Å². The SMILES string of the molecule is COC1CCc2ccc(-c3ccc4ccccc4n3)cc2C1=O. The Morgan fingerprint density at radius 3 is 2.83 bits per heavy atom. The van der Waals surface area contributed by atoms with Crippen molar-refractivity contribution in [3.05, 3.63) is 65.7 Å². The number of aryl methyl sites for hydroxylation is 1. The summed E-state index contributed by atoms with van der Waals surface area (Å²) in [7, 11) is 1.60. The minimum absolute atomic E-state index is 0.0800. The molecule has 23 heavy (non-hydrogen) atoms. The van der Waals surface area contributed by atoms with Gasteiger partial charge in [-0.05, 0) is 36.6 Å². The zero-order valence-electron chi connectivity index (χ0n) is 13.0. The number of benzene rings is 2. The van der Waals surface area contributed by atoms with Crippen molar-refractivity contribution in [2.75, 3.05) is 7.11 Å². The molecule has 3 heteroatoms. The topological polar surface area (TPSA) is 39.2 Å². The lowest BCUT2D eigenvalue weighted by molar-refractivity contribution is 0.0560. The summed E-state index contributed by atoms with van der Waals surface area (Å²) >= 11 is 0. The molecule has 3 nitrogen and oxygen atoms in total. The third-order valence-electron chi connectivity index (χ3n) is 4.52. The van der Waals surface area contributed by atoms with Gasteiger partial charge in [0.25, 0.3) is 0 Å². The summed E-state index contributed by atoms with van der Waals surface area (Å²) in [4.78, 5) is 17.2. The van der Waals surface area contributed by atoms with Crippen molar-refractivity contribution >= 4 is 16.7 Å². The lowest BCUT2D eigenvalue weighted by atomic mass is 9.87. The number of ketones is 1. The highest BCUT2D eigenvalue weighted by atomic mass is 16.5. The first-order valence-corrected chi connectivity index (χ1v) is 7.82. The number of nitrogens with zero attached hydrogens (tertiary/aromatic N) is 1. The highest BCUT2D eigenvalue weighted by Crippen LogP contribution is 2.28. The first-order chi connectivity index (χ1) is 11.3. The first kappa shape index (κ1) is 14.1. The average Bonchev–Trinajstić information content (AvgIpc) is 2.61. The Bertz CT molecular complexity index is 901. The highest BCUT2D eigenvalue weighted by molar-refractivity contribution is 6.02. The third kappa shape index (κ3) is 2.43. The van der Waals surface area contributed by atoms with Gasteiger partial charge in [0, 0.05) is 23.6 Å². The third-order valence-corrected chi connectivity index (χ3v) is 4.52. The van der Waals surface area contributed by atoms with E-state index in [0.29, 0.717) is 0 Å². The van der Waals surface area contributed by atoms with E-state index in [2.05, 4.69) is 12.1 Å². The van der Waals surface area contributed by atoms with E-state index in [9.17, 15) is 4.79 Å². The van der Waals surface area contributed by atoms with Crippen LogP contribution in [-0.2, 0) is 11.2 Å². The molecule has 0 saturated carbocycles. The van der Waals surface area contributed by atoms with Gasteiger partial charge in [-0.3, -0.25) is 4.79 Å². The molecule has 1 aromatic heterocycles. The molecule has 0 fully saturated rings. The molecule has 0 amide bonds. The average molecular weight is 303 g/mol. The summed E-state index contributed by atoms with van der Waals surface area (Å²) in [6, 6.07) is 18.2. The molecule has 1 heterocycles. The van der Waals surface area contributed by atoms with Crippen LogP contribution in [0.2, 0.25) is 0 Å². The minimum atomic E-state index is -0.317. The molecule has 1 aliphatic rings. The highest BCUT2D eigenvalue weighted by Gasteiger charge is 2.27. The lowest BCUT2D eigenvalue weighted by Gasteiger charge is -2.22. The molecule has 0 saturated heterocycles. The molecule has 0 bridgehead atoms. The fraction of sp³-hybridized carbons (Fsp3) is 0.200. The smallest absolute Gasteiger partial charge is 0.191 e. The molecular weight excluding hydrogens is 286 g/mol. The van der Waals surface area contributed by atoms with Crippen LogP contribution in [0.1, 0.15) is 22.3 Å². The summed E-state index contributed by atoms with van der Waals surface area (Å²) in [5, 5.41) is 1.12. The number of hydrogen-bond donors (Lipinski definition) is 0. The van der Waals surface area contributed by atoms with E-state index < -0.39 is 0 Å². The lowest BCUT2D eigenvalue weighted by Crippen LogP contribution is -2.29. The normalized spacial score (nSPS) is 17.3. The Hall–Kier alpha value is -2.52. The zero-order valence-corrected chi connectivity index (χ0v) is 13.0. The van der Waals surface area contributed by atoms with Gasteiger partial charge in [-0.25, -0.2) is 4.98 Å². The van der Waals surface area contributed by atoms with Crippen LogP contribution in [0.4, 0.5) is 0 Å². The Morgan fingerprint density at radius 2 is 1.96 bits per heavy atom. The number of carbonyl (C=O) groups excluding carboxylic acids is 1. The van der Waals surface area contributed by atoms with Crippen molar-refractivity contribution in [2.24, 2.45) is 0 Å². The van der Waals surface area contributed by atoms with Crippen LogP contribution in [0.5, 0.6) is 0 Å². The van der Waals surface area contributed by atoms with Crippen LogP contribution in [-0.4, -0.2) is 24.0 Å². The Morgan fingerprint density at radius 1 is 1.09 bits per heavy atom. The molecule has 1 unspecified atom stereocenters. The van der Waals surface area contributed by atoms with E-state index in [1.165, 1.54) is 0 Å². The van der Waals surface area contributed by atoms with Crippen LogP contribution in [0.3, 0.4) is 0 Å². The van der Waals surface area contributed by atoms with Gasteiger partial charge in [0.15, 0.2) is 5.78 Å². The summed E-state index contributed by atoms with van der Waals surface area (Å²) in [6.45, 7) is 0. The van der Waals surface area contributed by atoms with Crippen LogP contribution in [0, 0.1) is 0 Å². The predicted molar refractivity (Wildman–Crippen MR) is 90.6 cm³/mol. The van der Waals surface area contributed by atoms with E-state index in [1.807, 2.05) is 42.5 Å². The number of Topliss-reactive ketones (excluding diaryl/α,β-unsaturated/α-hetero) is 1. The molecule has 3 aromatic rings. The number of rotatable bonds is 2. The maximum Gasteiger partial charge on any atom is 0.191 e. The largest absolute Gasteiger partial charge is 0.373 e. The van der Waals surface area contributed by atoms with Gasteiger partial charge in [-0.15, -0.1) is 0 Å². The van der Waals surface area contributed by atoms with Gasteiger partial charge in [0.1, 0.15) is 6.10 Å². The molecule has 1 atom stereocenters. The number of carbonyl (C=O) groups is 1. The van der Waals surface area contributed by atoms with Gasteiger partial charge >= 0.3 is 0 Å². The second-order valence-electron chi connectivity index (χ2n) is 5.89. The quantitative estimate of drug-likeness (QED) is 0.717. The summed E-state index contributed by atoms with van der Waals surface area (Å²) in [5.41, 5.74) is 4.70. The first-order valence-electron chi connectivity index (χ1n) is 7.82. The van der Waals surface area contributed by atoms with Crippen molar-refractivity contribution in [1.82, 2.24) is 4.98 Å². The predicted octanol–water partition coefficient (Wildman–Crippen LogP) is 4.05. The van der Waals surface area contributed by atoms with Gasteiger partial charge in [0.2, 0.25) is 0 Å². The standard InChI is InChI=1S/C20H17NO2/c1-23-19-11-9-13-6-7-15(12-16(13)20(19)22)18-10-8-14-4-2-3-5-17(14)21-18/h2-8,10,12,19H,9,11H2,1H3. The molecule has 0 radical (unpaired) electrons. The number of pyridine rings is 1. The van der Waals surface area contributed by atoms with E-state index >= 15 is 0 Å². The van der Waals surface area contributed by atoms with E-state index in [0.717, 1.165) is 46.1 Å². The number of ether oxygens (including phenoxy) is 1. The van der Waals surface area contributed by atoms with Crippen molar-refractivity contribution in [3.63, 3.8) is 0 Å². The zero-order chi connectivity index (χ0) is 15.8. The Kier molecular flexibility index (Phi) is 3.43. The van der Waals surface area contributed by atoms with Crippen LogP contribution >= 0.6 is 0 Å². The second-order valence-corrected chi connectivity index (χ2v) is 5.89. The molecule has 0 aliphatic heterocycles. The maximum atomic E-state index is 12.5. The number of methoxy groups -OCH3 is 1. The molecule has 0 N–H and O–H groups in total. The summed E-state index contributed by atoms with van der Waals surface area (Å²) in [6.07, 6.45) is 1.32. The molecule has 1 aliphatic carbocycles. The number of para-hydroxylation sites is 1. The van der Waals surface area contributed by atoms with Crippen molar-refractivity contribution in [3.8, 4) is 11.3 Å². The number of aromatic nitrogens is 1. The van der Waals surface area contributed by atoms with E-state index in [-0.39, 0.29) is 11.9 Å². The van der Waals surface area contributed by atoms with Crippen molar-refractivity contribution in [1.29, 1.82) is 0 Å². The van der Waals surface area contributed by atoms with Crippen LogP contribution in [0.25, 0.3) is 22.2 Å². The monoisotopic (exact) mass is 303 g/mol. The van der Waals surface area contributed by atoms with Crippen LogP contribution < -0.4 is 0 Å². The molecular formula is C20H17NO2. The minimum Gasteiger partial charge on any atom is -0.373 e. The fourth-order valence-electron chi connectivity index (χ4n) is 3.23. The molecule has 2 aromatic carbocycles. The van der Waals surface area contributed by atoms with Gasteiger partial charge in [-0.2, -0.15) is 0 Å². The molecule has 114 valence electrons. The van der Waals surface area contributed by atoms with Gasteiger partial charge in [-0.1, -0.05) is 36.4 Å². The van der Waals surface area contributed by atoms with Crippen LogP contribution in [0.15, 0.2) is 54.6 Å². The Balaban J connectivity index is 1.80. The number of hydrogen-bond acceptors (Lipinski definition) is 3. The second kappa shape index (κ2) is 5.60. The molecule has 0 spiro atoms. The summed E-state index contributed by atoms with van der Waals surface area (Å²) in [5.74, 6) is 0.0800. The van der Waals surface area contributed by atoms with E-state index in [4.69, 9.17) is 9.72 Å².